The van der Waals surface area contributed by atoms with Gasteiger partial charge in [-0.05, 0) is 67.1 Å². The molecule has 41 heavy (non-hydrogen) atoms. The van der Waals surface area contributed by atoms with Gasteiger partial charge in [0.05, 0.1) is 12.9 Å². The van der Waals surface area contributed by atoms with Crippen molar-refractivity contribution in [3.05, 3.63) is 113 Å². The summed E-state index contributed by atoms with van der Waals surface area (Å²) in [4.78, 5) is 31.0. The monoisotopic (exact) mass is 565 g/mol. The molecule has 6 nitrogen and oxygen atoms in total. The van der Waals surface area contributed by atoms with Gasteiger partial charge in [-0.15, -0.1) is 11.8 Å². The van der Waals surface area contributed by atoms with E-state index in [-0.39, 0.29) is 23.8 Å². The highest BCUT2D eigenvalue weighted by Crippen LogP contribution is 2.38. The fourth-order valence-electron chi connectivity index (χ4n) is 5.89. The number of aromatic nitrogens is 2. The van der Waals surface area contributed by atoms with Crippen molar-refractivity contribution in [3.8, 4) is 5.75 Å². The van der Waals surface area contributed by atoms with E-state index in [0.717, 1.165) is 58.6 Å². The van der Waals surface area contributed by atoms with Gasteiger partial charge in [-0.25, -0.2) is 4.98 Å². The third-order valence-corrected chi connectivity index (χ3v) is 9.09. The zero-order valence-electron chi connectivity index (χ0n) is 23.1. The van der Waals surface area contributed by atoms with Gasteiger partial charge in [0, 0.05) is 52.2 Å². The lowest BCUT2D eigenvalue weighted by Gasteiger charge is -2.25. The Morgan fingerprint density at radius 1 is 1.02 bits per heavy atom. The molecule has 1 amide bonds. The van der Waals surface area contributed by atoms with E-state index in [0.29, 0.717) is 24.3 Å². The molecular weight excluding hydrogens is 530 g/mol. The Labute approximate surface area is 245 Å². The lowest BCUT2D eigenvalue weighted by Crippen LogP contribution is -2.32. The van der Waals surface area contributed by atoms with Crippen molar-refractivity contribution < 1.29 is 14.3 Å². The normalized spacial score (nSPS) is 15.9. The van der Waals surface area contributed by atoms with Crippen LogP contribution in [0.1, 0.15) is 82.0 Å². The van der Waals surface area contributed by atoms with Crippen LogP contribution in [0.25, 0.3) is 0 Å². The largest absolute Gasteiger partial charge is 0.484 e. The van der Waals surface area contributed by atoms with Crippen LogP contribution in [0.2, 0.25) is 0 Å². The Morgan fingerprint density at radius 3 is 2.68 bits per heavy atom. The van der Waals surface area contributed by atoms with E-state index in [1.165, 1.54) is 12.8 Å². The summed E-state index contributed by atoms with van der Waals surface area (Å²) in [5.74, 6) is 1.64. The van der Waals surface area contributed by atoms with E-state index in [1.807, 2.05) is 65.4 Å². The summed E-state index contributed by atoms with van der Waals surface area (Å²) in [7, 11) is 0. The number of carbonyl (C=O) groups is 2. The summed E-state index contributed by atoms with van der Waals surface area (Å²) >= 11 is 1.68. The molecule has 0 radical (unpaired) electrons. The van der Waals surface area contributed by atoms with Crippen molar-refractivity contribution in [2.24, 2.45) is 0 Å². The number of thioether (sulfide) groups is 1. The van der Waals surface area contributed by atoms with Crippen LogP contribution in [-0.2, 0) is 18.7 Å². The Bertz CT molecular complexity index is 1500. The molecule has 6 rings (SSSR count). The molecule has 1 fully saturated rings. The Kier molecular flexibility index (Phi) is 8.52. The molecule has 0 bridgehead atoms. The van der Waals surface area contributed by atoms with Crippen molar-refractivity contribution >= 4 is 23.5 Å². The van der Waals surface area contributed by atoms with Crippen LogP contribution in [0, 0.1) is 0 Å². The van der Waals surface area contributed by atoms with Gasteiger partial charge >= 0.3 is 0 Å². The van der Waals surface area contributed by atoms with Crippen molar-refractivity contribution in [3.63, 3.8) is 0 Å². The molecule has 0 aliphatic heterocycles. The molecule has 0 saturated heterocycles. The molecular formula is C34H35N3O3S. The predicted molar refractivity (Wildman–Crippen MR) is 161 cm³/mol. The molecule has 3 aromatic carbocycles. The lowest BCUT2D eigenvalue weighted by atomic mass is 9.87. The average molecular weight is 566 g/mol. The topological polar surface area (TPSA) is 73.2 Å². The molecule has 1 heterocycles. The number of fused-ring (bicyclic) bond motifs is 1. The fourth-order valence-corrected chi connectivity index (χ4v) is 6.90. The number of rotatable bonds is 10. The van der Waals surface area contributed by atoms with Crippen molar-refractivity contribution in [1.82, 2.24) is 14.9 Å². The highest BCUT2D eigenvalue weighted by molar-refractivity contribution is 7.98. The van der Waals surface area contributed by atoms with Gasteiger partial charge < -0.3 is 14.6 Å². The number of carbonyl (C=O) groups excluding carboxylic acids is 2. The minimum absolute atomic E-state index is 0.00346. The van der Waals surface area contributed by atoms with Crippen molar-refractivity contribution in [2.75, 3.05) is 0 Å². The number of ether oxygens (including phenoxy) is 1. The van der Waals surface area contributed by atoms with E-state index in [9.17, 15) is 9.59 Å². The molecule has 1 aromatic heterocycles. The Hall–Kier alpha value is -3.84. The molecule has 2 aliphatic carbocycles. The van der Waals surface area contributed by atoms with E-state index in [2.05, 4.69) is 22.4 Å². The first-order chi connectivity index (χ1) is 20.1. The minimum atomic E-state index is -0.228. The predicted octanol–water partition coefficient (Wildman–Crippen LogP) is 7.19. The van der Waals surface area contributed by atoms with Crippen LogP contribution in [-0.4, -0.2) is 27.3 Å². The van der Waals surface area contributed by atoms with Crippen LogP contribution >= 0.6 is 11.8 Å². The third-order valence-electron chi connectivity index (χ3n) is 8.07. The molecule has 0 spiro atoms. The van der Waals surface area contributed by atoms with Crippen molar-refractivity contribution in [2.45, 2.75) is 74.3 Å². The molecule has 1 N–H and O–H groups in total. The number of hydrogen-bond donors (Lipinski definition) is 1. The average Bonchev–Trinajstić information content (AvgIpc) is 3.72. The Balaban J connectivity index is 1.27. The summed E-state index contributed by atoms with van der Waals surface area (Å²) in [5, 5.41) is 3.19. The second kappa shape index (κ2) is 12.8. The van der Waals surface area contributed by atoms with Gasteiger partial charge in [0.1, 0.15) is 11.9 Å². The number of nitrogens with one attached hydrogen (secondary N) is 1. The van der Waals surface area contributed by atoms with E-state index in [1.54, 1.807) is 24.3 Å². The maximum absolute atomic E-state index is 12.9. The van der Waals surface area contributed by atoms with Crippen LogP contribution in [0.4, 0.5) is 0 Å². The first-order valence-electron chi connectivity index (χ1n) is 14.5. The van der Waals surface area contributed by atoms with Gasteiger partial charge in [-0.3, -0.25) is 9.59 Å². The zero-order chi connectivity index (χ0) is 28.0. The van der Waals surface area contributed by atoms with Gasteiger partial charge in [0.25, 0.3) is 5.91 Å². The van der Waals surface area contributed by atoms with Crippen LogP contribution in [0.15, 0.2) is 90.3 Å². The molecule has 0 unspecified atom stereocenters. The number of hydrogen-bond acceptors (Lipinski definition) is 5. The first-order valence-corrected chi connectivity index (χ1v) is 15.5. The van der Waals surface area contributed by atoms with E-state index < -0.39 is 0 Å². The van der Waals surface area contributed by atoms with Crippen LogP contribution < -0.4 is 10.1 Å². The smallest absolute Gasteiger partial charge is 0.251 e. The third kappa shape index (κ3) is 6.57. The number of Topliss-reactive ketones (excluding diaryl/α,β-unsaturated/α-hetero) is 1. The van der Waals surface area contributed by atoms with E-state index in [4.69, 9.17) is 4.74 Å². The van der Waals surface area contributed by atoms with Crippen LogP contribution in [0.3, 0.4) is 0 Å². The highest BCUT2D eigenvalue weighted by Gasteiger charge is 2.25. The van der Waals surface area contributed by atoms with Gasteiger partial charge in [0.15, 0.2) is 5.78 Å². The second-order valence-electron chi connectivity index (χ2n) is 10.9. The quantitative estimate of drug-likeness (QED) is 0.206. The zero-order valence-corrected chi connectivity index (χ0v) is 23.9. The number of amides is 1. The molecule has 210 valence electrons. The summed E-state index contributed by atoms with van der Waals surface area (Å²) in [6.07, 6.45) is 12.1. The number of ketones is 1. The SMILES string of the molecule is O=C(NC1CCCC1)c1cccc(SCc2c(O[C@H](Cn3ccnc3)c3ccccc3)ccc3c2CCCC3=O)c1. The maximum atomic E-state index is 12.9. The van der Waals surface area contributed by atoms with Crippen LogP contribution in [0.5, 0.6) is 5.75 Å². The molecule has 7 heteroatoms. The van der Waals surface area contributed by atoms with Gasteiger partial charge in [-0.1, -0.05) is 49.2 Å². The molecule has 1 atom stereocenters. The number of benzene rings is 3. The summed E-state index contributed by atoms with van der Waals surface area (Å²) < 4.78 is 8.82. The maximum Gasteiger partial charge on any atom is 0.251 e. The van der Waals surface area contributed by atoms with Crippen molar-refractivity contribution in [1.29, 1.82) is 0 Å². The molecule has 4 aromatic rings. The number of imidazole rings is 1. The highest BCUT2D eigenvalue weighted by atomic mass is 32.2. The standard InChI is InChI=1S/C34H35N3O3S/c38-31-15-7-14-28-29(31)16-17-32(40-33(21-37-19-18-35-23-37)24-8-2-1-3-9-24)30(28)22-41-27-13-6-10-25(20-27)34(39)36-26-11-4-5-12-26/h1-3,6,8-10,13,16-20,23,26,33H,4-5,7,11-12,14-15,21-22H2,(H,36,39)/t33-/m1/s1. The Morgan fingerprint density at radius 2 is 1.88 bits per heavy atom. The minimum Gasteiger partial charge on any atom is -0.484 e. The van der Waals surface area contributed by atoms with Gasteiger partial charge in [-0.2, -0.15) is 0 Å². The lowest BCUT2D eigenvalue weighted by molar-refractivity contribution is 0.0935. The summed E-state index contributed by atoms with van der Waals surface area (Å²) in [6, 6.07) is 22.3. The van der Waals surface area contributed by atoms with Gasteiger partial charge in [0.2, 0.25) is 0 Å². The fraction of sp³-hybridized carbons (Fsp3) is 0.324. The molecule has 2 aliphatic rings. The number of nitrogens with zero attached hydrogens (tertiary/aromatic N) is 2. The summed E-state index contributed by atoms with van der Waals surface area (Å²) in [5.41, 5.74) is 4.74. The second-order valence-corrected chi connectivity index (χ2v) is 11.9. The summed E-state index contributed by atoms with van der Waals surface area (Å²) in [6.45, 7) is 0.616. The van der Waals surface area contributed by atoms with E-state index >= 15 is 0 Å². The first kappa shape index (κ1) is 27.3. The molecule has 1 saturated carbocycles.